The summed E-state index contributed by atoms with van der Waals surface area (Å²) < 4.78 is 0. The molecule has 0 unspecified atom stereocenters. The summed E-state index contributed by atoms with van der Waals surface area (Å²) in [6.45, 7) is 0. The summed E-state index contributed by atoms with van der Waals surface area (Å²) in [4.78, 5) is 25.6. The summed E-state index contributed by atoms with van der Waals surface area (Å²) in [5.41, 5.74) is 2.75. The Hall–Kier alpha value is -2.68. The maximum Gasteiger partial charge on any atom is 0.261 e. The van der Waals surface area contributed by atoms with E-state index in [1.165, 1.54) is 7.05 Å². The van der Waals surface area contributed by atoms with E-state index in [0.29, 0.717) is 16.7 Å². The molecule has 0 bridgehead atoms. The Balaban J connectivity index is 2.20. The van der Waals surface area contributed by atoms with Gasteiger partial charge in [-0.3, -0.25) is 14.5 Å². The van der Waals surface area contributed by atoms with Crippen molar-refractivity contribution in [3.8, 4) is 0 Å². The minimum Gasteiger partial charge on any atom is -0.277 e. The van der Waals surface area contributed by atoms with Gasteiger partial charge >= 0.3 is 0 Å². The van der Waals surface area contributed by atoms with Crippen LogP contribution in [0, 0.1) is 0 Å². The highest BCUT2D eigenvalue weighted by Gasteiger charge is 2.31. The summed E-state index contributed by atoms with van der Waals surface area (Å²) in [5.74, 6) is -0.520. The second-order valence-corrected chi connectivity index (χ2v) is 4.68. The van der Waals surface area contributed by atoms with Gasteiger partial charge in [0.05, 0.1) is 0 Å². The van der Waals surface area contributed by atoms with Crippen LogP contribution in [0.1, 0.15) is 21.5 Å². The SMILES string of the molecule is CN1C(=O)/C(=C\c2ccccc2)c2ccccc2C1=O. The number of likely N-dealkylation sites (N-methyl/N-ethyl adjacent to an activating group) is 1. The lowest BCUT2D eigenvalue weighted by atomic mass is 9.92. The molecule has 0 spiro atoms. The molecule has 0 aromatic heterocycles. The van der Waals surface area contributed by atoms with Crippen LogP contribution in [0.2, 0.25) is 0 Å². The lowest BCUT2D eigenvalue weighted by molar-refractivity contribution is -0.121. The molecular weight excluding hydrogens is 250 g/mol. The standard InChI is InChI=1S/C17H13NO2/c1-18-16(19)14-10-6-5-9-13(14)15(17(18)20)11-12-7-3-2-4-8-12/h2-11H,1H3/b15-11-. The average molecular weight is 263 g/mol. The third kappa shape index (κ3) is 1.93. The summed E-state index contributed by atoms with van der Waals surface area (Å²) in [5, 5.41) is 0. The van der Waals surface area contributed by atoms with Crippen molar-refractivity contribution in [2.75, 3.05) is 7.05 Å². The maximum atomic E-state index is 12.3. The molecule has 1 heterocycles. The first-order valence-electron chi connectivity index (χ1n) is 6.37. The molecule has 1 aliphatic rings. The lowest BCUT2D eigenvalue weighted by Crippen LogP contribution is -2.38. The number of benzene rings is 2. The molecule has 1 aliphatic heterocycles. The van der Waals surface area contributed by atoms with E-state index >= 15 is 0 Å². The van der Waals surface area contributed by atoms with E-state index in [4.69, 9.17) is 0 Å². The van der Waals surface area contributed by atoms with Crippen LogP contribution in [0.5, 0.6) is 0 Å². The second-order valence-electron chi connectivity index (χ2n) is 4.68. The molecule has 0 N–H and O–H groups in total. The molecular formula is C17H13NO2. The average Bonchev–Trinajstić information content (AvgIpc) is 2.50. The molecule has 0 fully saturated rings. The van der Waals surface area contributed by atoms with Gasteiger partial charge < -0.3 is 0 Å². The van der Waals surface area contributed by atoms with Crippen LogP contribution in [-0.2, 0) is 4.79 Å². The van der Waals surface area contributed by atoms with Crippen molar-refractivity contribution in [2.45, 2.75) is 0 Å². The fourth-order valence-electron chi connectivity index (χ4n) is 2.33. The number of hydrogen-bond donors (Lipinski definition) is 0. The Labute approximate surface area is 117 Å². The zero-order valence-corrected chi connectivity index (χ0v) is 11.0. The Morgan fingerprint density at radius 2 is 1.40 bits per heavy atom. The smallest absolute Gasteiger partial charge is 0.261 e. The zero-order valence-electron chi connectivity index (χ0n) is 11.0. The fraction of sp³-hybridized carbons (Fsp3) is 0.0588. The molecule has 20 heavy (non-hydrogen) atoms. The second kappa shape index (κ2) is 4.78. The van der Waals surface area contributed by atoms with Crippen molar-refractivity contribution >= 4 is 23.5 Å². The molecule has 0 aliphatic carbocycles. The van der Waals surface area contributed by atoms with E-state index in [9.17, 15) is 9.59 Å². The van der Waals surface area contributed by atoms with Crippen LogP contribution in [0.3, 0.4) is 0 Å². The quantitative estimate of drug-likeness (QED) is 0.586. The zero-order chi connectivity index (χ0) is 14.1. The molecule has 3 nitrogen and oxygen atoms in total. The van der Waals surface area contributed by atoms with E-state index in [0.717, 1.165) is 10.5 Å². The minimum absolute atomic E-state index is 0.254. The largest absolute Gasteiger partial charge is 0.277 e. The summed E-state index contributed by atoms with van der Waals surface area (Å²) >= 11 is 0. The number of carbonyl (C=O) groups excluding carboxylic acids is 2. The highest BCUT2D eigenvalue weighted by molar-refractivity contribution is 6.33. The fourth-order valence-corrected chi connectivity index (χ4v) is 2.33. The van der Waals surface area contributed by atoms with E-state index in [1.54, 1.807) is 12.1 Å². The van der Waals surface area contributed by atoms with Gasteiger partial charge in [0.1, 0.15) is 0 Å². The molecule has 2 aromatic rings. The lowest BCUT2D eigenvalue weighted by Gasteiger charge is -2.25. The topological polar surface area (TPSA) is 37.4 Å². The summed E-state index contributed by atoms with van der Waals surface area (Å²) in [6, 6.07) is 16.8. The molecule has 0 saturated heterocycles. The van der Waals surface area contributed by atoms with Gasteiger partial charge in [-0.1, -0.05) is 48.5 Å². The van der Waals surface area contributed by atoms with Crippen molar-refractivity contribution in [3.63, 3.8) is 0 Å². The summed E-state index contributed by atoms with van der Waals surface area (Å²) in [6.07, 6.45) is 1.82. The normalized spacial score (nSPS) is 16.4. The molecule has 0 saturated carbocycles. The molecule has 3 rings (SSSR count). The number of carbonyl (C=O) groups is 2. The van der Waals surface area contributed by atoms with Crippen molar-refractivity contribution in [3.05, 3.63) is 71.3 Å². The predicted octanol–water partition coefficient (Wildman–Crippen LogP) is 2.84. The van der Waals surface area contributed by atoms with Crippen LogP contribution in [0.25, 0.3) is 11.6 Å². The van der Waals surface area contributed by atoms with Gasteiger partial charge in [-0.15, -0.1) is 0 Å². The van der Waals surface area contributed by atoms with Crippen molar-refractivity contribution in [2.24, 2.45) is 0 Å². The Bertz CT molecular complexity index is 717. The third-order valence-corrected chi connectivity index (χ3v) is 3.40. The maximum absolute atomic E-state index is 12.3. The first kappa shape index (κ1) is 12.4. The highest BCUT2D eigenvalue weighted by Crippen LogP contribution is 2.29. The monoisotopic (exact) mass is 263 g/mol. The molecule has 0 atom stereocenters. The summed E-state index contributed by atoms with van der Waals surface area (Å²) in [7, 11) is 1.51. The minimum atomic E-state index is -0.266. The van der Waals surface area contributed by atoms with Gasteiger partial charge in [0, 0.05) is 18.2 Å². The first-order valence-corrected chi connectivity index (χ1v) is 6.37. The van der Waals surface area contributed by atoms with E-state index in [2.05, 4.69) is 0 Å². The van der Waals surface area contributed by atoms with Gasteiger partial charge in [0.15, 0.2) is 0 Å². The molecule has 2 aromatic carbocycles. The number of fused-ring (bicyclic) bond motifs is 1. The van der Waals surface area contributed by atoms with Gasteiger partial charge in [-0.05, 0) is 23.3 Å². The van der Waals surface area contributed by atoms with Crippen molar-refractivity contribution in [1.82, 2.24) is 4.90 Å². The van der Waals surface area contributed by atoms with Crippen LogP contribution in [-0.4, -0.2) is 23.8 Å². The highest BCUT2D eigenvalue weighted by atomic mass is 16.2. The third-order valence-electron chi connectivity index (χ3n) is 3.40. The van der Waals surface area contributed by atoms with E-state index < -0.39 is 0 Å². The van der Waals surface area contributed by atoms with E-state index in [-0.39, 0.29) is 11.8 Å². The Morgan fingerprint density at radius 1 is 0.800 bits per heavy atom. The molecule has 98 valence electrons. The van der Waals surface area contributed by atoms with Crippen LogP contribution in [0.4, 0.5) is 0 Å². The van der Waals surface area contributed by atoms with Gasteiger partial charge in [-0.2, -0.15) is 0 Å². The number of amides is 2. The first-order chi connectivity index (χ1) is 9.68. The Kier molecular flexibility index (Phi) is 2.95. The number of rotatable bonds is 1. The van der Waals surface area contributed by atoms with Gasteiger partial charge in [0.25, 0.3) is 11.8 Å². The van der Waals surface area contributed by atoms with Crippen LogP contribution >= 0.6 is 0 Å². The van der Waals surface area contributed by atoms with Crippen LogP contribution in [0.15, 0.2) is 54.6 Å². The predicted molar refractivity (Wildman–Crippen MR) is 77.9 cm³/mol. The van der Waals surface area contributed by atoms with Crippen molar-refractivity contribution < 1.29 is 9.59 Å². The molecule has 3 heteroatoms. The van der Waals surface area contributed by atoms with Gasteiger partial charge in [-0.25, -0.2) is 0 Å². The van der Waals surface area contributed by atoms with Crippen LogP contribution < -0.4 is 0 Å². The van der Waals surface area contributed by atoms with Crippen molar-refractivity contribution in [1.29, 1.82) is 0 Å². The molecule has 0 radical (unpaired) electrons. The van der Waals surface area contributed by atoms with E-state index in [1.807, 2.05) is 48.5 Å². The van der Waals surface area contributed by atoms with Gasteiger partial charge in [0.2, 0.25) is 0 Å². The molecule has 2 amide bonds. The number of hydrogen-bond acceptors (Lipinski definition) is 2. The number of imide groups is 1. The number of nitrogens with zero attached hydrogens (tertiary/aromatic N) is 1. The Morgan fingerprint density at radius 3 is 2.10 bits per heavy atom.